The van der Waals surface area contributed by atoms with Gasteiger partial charge in [0.1, 0.15) is 5.75 Å². The maximum absolute atomic E-state index is 12.0. The number of carbonyl (C=O) groups is 2. The molecule has 0 atom stereocenters. The molecule has 0 aliphatic heterocycles. The lowest BCUT2D eigenvalue weighted by molar-refractivity contribution is -0.123. The van der Waals surface area contributed by atoms with Gasteiger partial charge in [0.15, 0.2) is 0 Å². The van der Waals surface area contributed by atoms with Crippen molar-refractivity contribution in [3.8, 4) is 5.75 Å². The van der Waals surface area contributed by atoms with Crippen LogP contribution in [0, 0.1) is 0 Å². The molecule has 0 aliphatic rings. The molecule has 2 rings (SSSR count). The van der Waals surface area contributed by atoms with Gasteiger partial charge in [0, 0.05) is 16.6 Å². The van der Waals surface area contributed by atoms with E-state index in [2.05, 4.69) is 10.6 Å². The zero-order chi connectivity index (χ0) is 17.4. The first-order chi connectivity index (χ1) is 11.6. The van der Waals surface area contributed by atoms with Crippen LogP contribution in [0.3, 0.4) is 0 Å². The van der Waals surface area contributed by atoms with Gasteiger partial charge in [-0.3, -0.25) is 14.5 Å². The Labute approximate surface area is 145 Å². The number of hydrogen-bond donors (Lipinski definition) is 2. The molecule has 0 fully saturated rings. The summed E-state index contributed by atoms with van der Waals surface area (Å²) in [5.41, 5.74) is 0.662. The summed E-state index contributed by atoms with van der Waals surface area (Å²) in [4.78, 5) is 26.7. The second-order valence-electron chi connectivity index (χ2n) is 5.31. The smallest absolute Gasteiger partial charge is 0.238 e. The van der Waals surface area contributed by atoms with Crippen molar-refractivity contribution in [3.05, 3.63) is 46.7 Å². The second kappa shape index (κ2) is 9.05. The van der Waals surface area contributed by atoms with E-state index in [0.717, 1.165) is 4.88 Å². The average molecular weight is 347 g/mol. The Hall–Kier alpha value is -2.38. The van der Waals surface area contributed by atoms with Crippen molar-refractivity contribution in [2.45, 2.75) is 6.54 Å². The Morgan fingerprint density at radius 1 is 1.17 bits per heavy atom. The van der Waals surface area contributed by atoms with Crippen molar-refractivity contribution in [2.24, 2.45) is 0 Å². The van der Waals surface area contributed by atoms with Crippen LogP contribution in [-0.4, -0.2) is 44.0 Å². The second-order valence-corrected chi connectivity index (χ2v) is 6.34. The normalized spacial score (nSPS) is 10.5. The quantitative estimate of drug-likeness (QED) is 0.766. The highest BCUT2D eigenvalue weighted by molar-refractivity contribution is 7.09. The molecule has 0 aliphatic carbocycles. The van der Waals surface area contributed by atoms with Gasteiger partial charge in [-0.05, 0) is 30.6 Å². The number of thiophene rings is 1. The predicted octanol–water partition coefficient (Wildman–Crippen LogP) is 1.94. The summed E-state index contributed by atoms with van der Waals surface area (Å²) in [5, 5.41) is 7.59. The van der Waals surface area contributed by atoms with Gasteiger partial charge in [0.2, 0.25) is 11.8 Å². The lowest BCUT2D eigenvalue weighted by Crippen LogP contribution is -2.38. The number of anilines is 1. The summed E-state index contributed by atoms with van der Waals surface area (Å²) in [6.07, 6.45) is 0. The van der Waals surface area contributed by atoms with Crippen molar-refractivity contribution in [1.82, 2.24) is 10.2 Å². The maximum Gasteiger partial charge on any atom is 0.238 e. The zero-order valence-electron chi connectivity index (χ0n) is 13.7. The molecule has 1 aromatic carbocycles. The standard InChI is InChI=1S/C17H21N3O3S/c1-20(11-16(21)18-10-15-7-4-8-24-15)12-17(22)19-13-5-3-6-14(9-13)23-2/h3-9H,10-12H2,1-2H3,(H,18,21)(H,19,22). The van der Waals surface area contributed by atoms with Gasteiger partial charge >= 0.3 is 0 Å². The lowest BCUT2D eigenvalue weighted by atomic mass is 10.3. The van der Waals surface area contributed by atoms with Crippen molar-refractivity contribution in [3.63, 3.8) is 0 Å². The van der Waals surface area contributed by atoms with Crippen LogP contribution in [0.1, 0.15) is 4.88 Å². The van der Waals surface area contributed by atoms with E-state index in [1.54, 1.807) is 54.7 Å². The Balaban J connectivity index is 1.73. The van der Waals surface area contributed by atoms with Crippen LogP contribution in [0.5, 0.6) is 5.75 Å². The Kier molecular flexibility index (Phi) is 6.77. The predicted molar refractivity (Wildman–Crippen MR) is 95.3 cm³/mol. The van der Waals surface area contributed by atoms with Crippen LogP contribution < -0.4 is 15.4 Å². The topological polar surface area (TPSA) is 70.7 Å². The molecule has 0 spiro atoms. The maximum atomic E-state index is 12.0. The van der Waals surface area contributed by atoms with E-state index in [1.807, 2.05) is 17.5 Å². The molecule has 1 heterocycles. The van der Waals surface area contributed by atoms with Crippen LogP contribution in [0.2, 0.25) is 0 Å². The molecule has 0 saturated carbocycles. The largest absolute Gasteiger partial charge is 0.497 e. The highest BCUT2D eigenvalue weighted by Gasteiger charge is 2.11. The average Bonchev–Trinajstić information content (AvgIpc) is 3.06. The molecule has 7 heteroatoms. The molecule has 1 aromatic heterocycles. The van der Waals surface area contributed by atoms with Crippen LogP contribution in [0.15, 0.2) is 41.8 Å². The van der Waals surface area contributed by atoms with E-state index < -0.39 is 0 Å². The molecule has 0 unspecified atom stereocenters. The molecule has 128 valence electrons. The van der Waals surface area contributed by atoms with E-state index in [4.69, 9.17) is 4.74 Å². The van der Waals surface area contributed by atoms with Crippen LogP contribution in [0.25, 0.3) is 0 Å². The molecular weight excluding hydrogens is 326 g/mol. The molecule has 0 bridgehead atoms. The fourth-order valence-electron chi connectivity index (χ4n) is 2.10. The van der Waals surface area contributed by atoms with Crippen LogP contribution in [0.4, 0.5) is 5.69 Å². The number of carbonyl (C=O) groups excluding carboxylic acids is 2. The molecule has 2 N–H and O–H groups in total. The number of amides is 2. The van der Waals surface area contributed by atoms with E-state index in [1.165, 1.54) is 0 Å². The van der Waals surface area contributed by atoms with Gasteiger partial charge in [0.05, 0.1) is 26.7 Å². The Bertz CT molecular complexity index is 673. The summed E-state index contributed by atoms with van der Waals surface area (Å²) >= 11 is 1.60. The first-order valence-electron chi connectivity index (χ1n) is 7.48. The van der Waals surface area contributed by atoms with E-state index in [-0.39, 0.29) is 24.9 Å². The molecule has 24 heavy (non-hydrogen) atoms. The van der Waals surface area contributed by atoms with Gasteiger partial charge in [0.25, 0.3) is 0 Å². The minimum absolute atomic E-state index is 0.111. The summed E-state index contributed by atoms with van der Waals surface area (Å²) < 4.78 is 5.11. The number of benzene rings is 1. The minimum Gasteiger partial charge on any atom is -0.497 e. The number of hydrogen-bond acceptors (Lipinski definition) is 5. The molecule has 2 aromatic rings. The number of methoxy groups -OCH3 is 1. The fourth-order valence-corrected chi connectivity index (χ4v) is 2.75. The summed E-state index contributed by atoms with van der Waals surface area (Å²) in [7, 11) is 3.30. The van der Waals surface area contributed by atoms with Gasteiger partial charge in [-0.15, -0.1) is 11.3 Å². The fraction of sp³-hybridized carbons (Fsp3) is 0.294. The first kappa shape index (κ1) is 18.0. The minimum atomic E-state index is -0.184. The highest BCUT2D eigenvalue weighted by atomic mass is 32.1. The Morgan fingerprint density at radius 3 is 2.67 bits per heavy atom. The lowest BCUT2D eigenvalue weighted by Gasteiger charge is -2.16. The number of likely N-dealkylation sites (N-methyl/N-ethyl adjacent to an activating group) is 1. The number of ether oxygens (including phenoxy) is 1. The van der Waals surface area contributed by atoms with Gasteiger partial charge in [-0.1, -0.05) is 12.1 Å². The number of rotatable bonds is 8. The van der Waals surface area contributed by atoms with Crippen molar-refractivity contribution in [1.29, 1.82) is 0 Å². The monoisotopic (exact) mass is 347 g/mol. The van der Waals surface area contributed by atoms with Crippen molar-refractivity contribution >= 4 is 28.8 Å². The summed E-state index contributed by atoms with van der Waals surface area (Å²) in [5.74, 6) is 0.381. The van der Waals surface area contributed by atoms with E-state index in [9.17, 15) is 9.59 Å². The van der Waals surface area contributed by atoms with Crippen molar-refractivity contribution < 1.29 is 14.3 Å². The molecular formula is C17H21N3O3S. The third kappa shape index (κ3) is 6.02. The van der Waals surface area contributed by atoms with Crippen molar-refractivity contribution in [2.75, 3.05) is 32.6 Å². The SMILES string of the molecule is COc1cccc(NC(=O)CN(C)CC(=O)NCc2cccs2)c1. The van der Waals surface area contributed by atoms with E-state index >= 15 is 0 Å². The highest BCUT2D eigenvalue weighted by Crippen LogP contribution is 2.16. The van der Waals surface area contributed by atoms with Gasteiger partial charge < -0.3 is 15.4 Å². The third-order valence-electron chi connectivity index (χ3n) is 3.22. The van der Waals surface area contributed by atoms with Crippen LogP contribution >= 0.6 is 11.3 Å². The van der Waals surface area contributed by atoms with Crippen LogP contribution in [-0.2, 0) is 16.1 Å². The van der Waals surface area contributed by atoms with Gasteiger partial charge in [-0.25, -0.2) is 0 Å². The van der Waals surface area contributed by atoms with E-state index in [0.29, 0.717) is 18.0 Å². The first-order valence-corrected chi connectivity index (χ1v) is 8.36. The molecule has 0 saturated heterocycles. The number of nitrogens with zero attached hydrogens (tertiary/aromatic N) is 1. The zero-order valence-corrected chi connectivity index (χ0v) is 14.6. The Morgan fingerprint density at radius 2 is 1.96 bits per heavy atom. The third-order valence-corrected chi connectivity index (χ3v) is 4.10. The van der Waals surface area contributed by atoms with Gasteiger partial charge in [-0.2, -0.15) is 0 Å². The molecule has 6 nitrogen and oxygen atoms in total. The summed E-state index contributed by atoms with van der Waals surface area (Å²) in [6, 6.07) is 11.0. The summed E-state index contributed by atoms with van der Waals surface area (Å²) in [6.45, 7) is 0.806. The molecule has 0 radical (unpaired) electrons. The number of nitrogens with one attached hydrogen (secondary N) is 2. The molecule has 2 amide bonds.